The summed E-state index contributed by atoms with van der Waals surface area (Å²) in [4.78, 5) is 43.0. The van der Waals surface area contributed by atoms with E-state index in [1.165, 1.54) is 9.80 Å². The third kappa shape index (κ3) is 5.38. The van der Waals surface area contributed by atoms with Crippen LogP contribution >= 0.6 is 0 Å². The number of quaternary nitrogens is 1. The molecule has 0 aromatic heterocycles. The average molecular weight is 421 g/mol. The highest BCUT2D eigenvalue weighted by atomic mass is 16.5. The van der Waals surface area contributed by atoms with Gasteiger partial charge in [-0.15, -0.1) is 0 Å². The lowest BCUT2D eigenvalue weighted by molar-refractivity contribution is -0.776. The fraction of sp³-hybridized carbons (Fsp3) is 0.696. The van der Waals surface area contributed by atoms with Gasteiger partial charge in [-0.3, -0.25) is 0 Å². The quantitative estimate of drug-likeness (QED) is 0.467. The number of rotatable bonds is 5. The SMILES string of the molecule is C=C(C)CN1C(=O)N2CCC(C)OCCCCC(CC)C[N+](CC(=C)C)(C2=O)C1=O. The first-order valence-corrected chi connectivity index (χ1v) is 11.1. The predicted octanol–water partition coefficient (Wildman–Crippen LogP) is 4.94. The summed E-state index contributed by atoms with van der Waals surface area (Å²) >= 11 is 0. The van der Waals surface area contributed by atoms with Crippen molar-refractivity contribution in [2.24, 2.45) is 5.92 Å². The molecule has 0 N–H and O–H groups in total. The van der Waals surface area contributed by atoms with Crippen molar-refractivity contribution < 1.29 is 23.6 Å². The zero-order valence-electron chi connectivity index (χ0n) is 19.1. The number of urea groups is 3. The van der Waals surface area contributed by atoms with Gasteiger partial charge < -0.3 is 4.74 Å². The van der Waals surface area contributed by atoms with Gasteiger partial charge in [-0.1, -0.05) is 32.1 Å². The Morgan fingerprint density at radius 1 is 1.10 bits per heavy atom. The summed E-state index contributed by atoms with van der Waals surface area (Å²) in [7, 11) is 0. The lowest BCUT2D eigenvalue weighted by Crippen LogP contribution is -2.74. The van der Waals surface area contributed by atoms with Gasteiger partial charge in [-0.05, 0) is 52.0 Å². The molecule has 3 atom stereocenters. The zero-order chi connectivity index (χ0) is 22.5. The Kier molecular flexibility index (Phi) is 8.38. The molecule has 7 nitrogen and oxygen atoms in total. The molecule has 0 saturated carbocycles. The maximum absolute atomic E-state index is 13.7. The Morgan fingerprint density at radius 2 is 1.80 bits per heavy atom. The van der Waals surface area contributed by atoms with E-state index >= 15 is 0 Å². The molecule has 2 aliphatic rings. The lowest BCUT2D eigenvalue weighted by Gasteiger charge is -2.45. The van der Waals surface area contributed by atoms with Crippen LogP contribution in [0.2, 0.25) is 0 Å². The van der Waals surface area contributed by atoms with Gasteiger partial charge >= 0.3 is 18.1 Å². The van der Waals surface area contributed by atoms with E-state index in [0.29, 0.717) is 25.1 Å². The molecule has 30 heavy (non-hydrogen) atoms. The van der Waals surface area contributed by atoms with Crippen molar-refractivity contribution in [3.05, 3.63) is 24.3 Å². The van der Waals surface area contributed by atoms with Crippen molar-refractivity contribution in [3.8, 4) is 0 Å². The molecule has 2 rings (SSSR count). The molecule has 168 valence electrons. The Hall–Kier alpha value is -1.99. The number of nitrogens with zero attached hydrogens (tertiary/aromatic N) is 3. The molecule has 0 radical (unpaired) electrons. The summed E-state index contributed by atoms with van der Waals surface area (Å²) in [5.74, 6) is 0.192. The smallest absolute Gasteiger partial charge is 0.378 e. The highest BCUT2D eigenvalue weighted by Crippen LogP contribution is 2.30. The lowest BCUT2D eigenvalue weighted by atomic mass is 9.97. The number of carbonyl (C=O) groups excluding carboxylic acids is 3. The number of hydrogen-bond donors (Lipinski definition) is 0. The van der Waals surface area contributed by atoms with Crippen LogP contribution in [0.1, 0.15) is 59.8 Å². The van der Waals surface area contributed by atoms with Crippen molar-refractivity contribution in [2.45, 2.75) is 65.9 Å². The molecular formula is C23H38N3O4+. The third-order valence-corrected chi connectivity index (χ3v) is 5.94. The Labute approximate surface area is 180 Å². The molecule has 0 spiro atoms. The fourth-order valence-corrected chi connectivity index (χ4v) is 4.35. The fourth-order valence-electron chi connectivity index (χ4n) is 4.35. The number of carbonyl (C=O) groups is 3. The predicted molar refractivity (Wildman–Crippen MR) is 117 cm³/mol. The van der Waals surface area contributed by atoms with E-state index in [-0.39, 0.29) is 31.7 Å². The molecule has 6 amide bonds. The van der Waals surface area contributed by atoms with Gasteiger partial charge in [0.2, 0.25) is 0 Å². The Morgan fingerprint density at radius 3 is 2.40 bits per heavy atom. The van der Waals surface area contributed by atoms with Crippen molar-refractivity contribution in [1.82, 2.24) is 9.80 Å². The summed E-state index contributed by atoms with van der Waals surface area (Å²) in [6.45, 7) is 17.1. The number of hydrogen-bond acceptors (Lipinski definition) is 4. The van der Waals surface area contributed by atoms with Crippen LogP contribution in [0.25, 0.3) is 0 Å². The van der Waals surface area contributed by atoms with Crippen molar-refractivity contribution in [2.75, 3.05) is 32.8 Å². The number of ether oxygens (including phenoxy) is 1. The summed E-state index contributed by atoms with van der Waals surface area (Å²) < 4.78 is 5.47. The molecule has 0 aliphatic carbocycles. The molecule has 2 aliphatic heterocycles. The molecular weight excluding hydrogens is 382 g/mol. The van der Waals surface area contributed by atoms with Gasteiger partial charge in [0.25, 0.3) is 0 Å². The van der Waals surface area contributed by atoms with Crippen LogP contribution in [-0.2, 0) is 4.74 Å². The van der Waals surface area contributed by atoms with Crippen molar-refractivity contribution in [1.29, 1.82) is 0 Å². The van der Waals surface area contributed by atoms with Crippen molar-refractivity contribution in [3.63, 3.8) is 0 Å². The third-order valence-electron chi connectivity index (χ3n) is 5.94. The Balaban J connectivity index is 2.56. The topological polar surface area (TPSA) is 66.9 Å². The molecule has 2 heterocycles. The Bertz CT molecular complexity index is 705. The number of amides is 6. The normalized spacial score (nSPS) is 29.1. The summed E-state index contributed by atoms with van der Waals surface area (Å²) in [6, 6.07) is -1.45. The van der Waals surface area contributed by atoms with Crippen LogP contribution < -0.4 is 0 Å². The molecule has 2 bridgehead atoms. The number of fused-ring (bicyclic) bond motifs is 2. The van der Waals surface area contributed by atoms with E-state index in [9.17, 15) is 14.4 Å². The molecule has 2 saturated heterocycles. The summed E-state index contributed by atoms with van der Waals surface area (Å²) in [5, 5.41) is 0. The standard InChI is InChI=1S/C23H38N3O4/c1-7-20-10-8-9-13-30-19(6)11-12-24-21(27)25(14-17(2)3)23(29)26(16-20,22(24)28)15-18(4)5/h19-20H,2,4,7-16H2,1,3,5-6H3/q+1. The minimum absolute atomic E-state index is 0.0661. The monoisotopic (exact) mass is 420 g/mol. The molecule has 0 aromatic carbocycles. The van der Waals surface area contributed by atoms with Crippen molar-refractivity contribution >= 4 is 18.1 Å². The highest BCUT2D eigenvalue weighted by molar-refractivity contribution is 6.06. The van der Waals surface area contributed by atoms with Crippen LogP contribution in [0.4, 0.5) is 14.4 Å². The van der Waals surface area contributed by atoms with E-state index in [2.05, 4.69) is 20.1 Å². The first kappa shape index (κ1) is 24.3. The first-order valence-electron chi connectivity index (χ1n) is 11.1. The second kappa shape index (κ2) is 10.4. The maximum Gasteiger partial charge on any atom is 0.437 e. The van der Waals surface area contributed by atoms with E-state index < -0.39 is 22.6 Å². The molecule has 7 heteroatoms. The molecule has 2 fully saturated rings. The van der Waals surface area contributed by atoms with E-state index in [1.54, 1.807) is 6.92 Å². The highest BCUT2D eigenvalue weighted by Gasteiger charge is 2.58. The number of imide groups is 3. The van der Waals surface area contributed by atoms with Crippen LogP contribution in [0.15, 0.2) is 24.3 Å². The van der Waals surface area contributed by atoms with Gasteiger partial charge in [-0.2, -0.15) is 4.48 Å². The summed E-state index contributed by atoms with van der Waals surface area (Å²) in [5.41, 5.74) is 1.44. The second-order valence-electron chi connectivity index (χ2n) is 9.05. The largest absolute Gasteiger partial charge is 0.437 e. The zero-order valence-corrected chi connectivity index (χ0v) is 19.1. The summed E-state index contributed by atoms with van der Waals surface area (Å²) in [6.07, 6.45) is 4.19. The molecule has 0 aromatic rings. The van der Waals surface area contributed by atoms with Crippen LogP contribution in [0, 0.1) is 5.92 Å². The van der Waals surface area contributed by atoms with E-state index in [1.807, 2.05) is 13.8 Å². The first-order chi connectivity index (χ1) is 14.1. The average Bonchev–Trinajstić information content (AvgIpc) is 2.67. The van der Waals surface area contributed by atoms with Gasteiger partial charge in [-0.25, -0.2) is 24.2 Å². The molecule has 3 unspecified atom stereocenters. The minimum atomic E-state index is -0.557. The van der Waals surface area contributed by atoms with Gasteiger partial charge in [0.05, 0.1) is 19.2 Å². The van der Waals surface area contributed by atoms with E-state index in [0.717, 1.165) is 31.3 Å². The second-order valence-corrected chi connectivity index (χ2v) is 9.05. The van der Waals surface area contributed by atoms with Crippen LogP contribution in [0.5, 0.6) is 0 Å². The van der Waals surface area contributed by atoms with Gasteiger partial charge in [0.15, 0.2) is 0 Å². The van der Waals surface area contributed by atoms with Crippen LogP contribution in [0.3, 0.4) is 0 Å². The minimum Gasteiger partial charge on any atom is -0.378 e. The van der Waals surface area contributed by atoms with E-state index in [4.69, 9.17) is 4.74 Å². The van der Waals surface area contributed by atoms with Gasteiger partial charge in [0, 0.05) is 19.1 Å². The van der Waals surface area contributed by atoms with Crippen LogP contribution in [-0.4, -0.2) is 71.3 Å². The maximum atomic E-state index is 13.7. The van der Waals surface area contributed by atoms with Gasteiger partial charge in [0.1, 0.15) is 6.54 Å².